The molecule has 0 aliphatic carbocycles. The number of hydrogen-bond acceptors (Lipinski definition) is 8. The van der Waals surface area contributed by atoms with E-state index < -0.39 is 5.91 Å². The van der Waals surface area contributed by atoms with Gasteiger partial charge >= 0.3 is 0 Å². The van der Waals surface area contributed by atoms with E-state index in [2.05, 4.69) is 15.5 Å². The van der Waals surface area contributed by atoms with Gasteiger partial charge in [0.25, 0.3) is 0 Å². The van der Waals surface area contributed by atoms with Crippen LogP contribution in [0.15, 0.2) is 43.4 Å². The lowest BCUT2D eigenvalue weighted by molar-refractivity contribution is -0.119. The van der Waals surface area contributed by atoms with Crippen molar-refractivity contribution in [3.63, 3.8) is 0 Å². The summed E-state index contributed by atoms with van der Waals surface area (Å²) in [5.74, 6) is 0.572. The Morgan fingerprint density at radius 3 is 2.62 bits per heavy atom. The standard InChI is InChI=1S/C16H16N4O3S3/c1-9(12-6-10-4-2-3-5-11(10)23-12)18-14(22)8-25-16-20-19-15(26-16)24-7-13(17)21/h2-6,9H,7-8H2,1H3,(H2,17,21)(H,18,22)/t9-/m1/s1. The molecule has 0 saturated carbocycles. The van der Waals surface area contributed by atoms with Crippen molar-refractivity contribution in [1.82, 2.24) is 15.5 Å². The number of carbonyl (C=O) groups excluding carboxylic acids is 2. The Bertz CT molecular complexity index is 891. The van der Waals surface area contributed by atoms with Gasteiger partial charge in [-0.3, -0.25) is 9.59 Å². The largest absolute Gasteiger partial charge is 0.459 e. The third-order valence-corrected chi connectivity index (χ3v) is 6.51. The van der Waals surface area contributed by atoms with Gasteiger partial charge in [-0.25, -0.2) is 0 Å². The Hall–Kier alpha value is -2.04. The minimum atomic E-state index is -0.404. The smallest absolute Gasteiger partial charge is 0.231 e. The Labute approximate surface area is 162 Å². The lowest BCUT2D eigenvalue weighted by atomic mass is 10.2. The van der Waals surface area contributed by atoms with Gasteiger partial charge in [0.15, 0.2) is 8.68 Å². The van der Waals surface area contributed by atoms with Crippen molar-refractivity contribution in [3.05, 3.63) is 36.1 Å². The fraction of sp³-hybridized carbons (Fsp3) is 0.250. The Balaban J connectivity index is 1.50. The normalized spacial score (nSPS) is 12.2. The third kappa shape index (κ3) is 4.99. The molecule has 0 unspecified atom stereocenters. The van der Waals surface area contributed by atoms with Gasteiger partial charge in [0, 0.05) is 5.39 Å². The number of thioether (sulfide) groups is 2. The molecule has 3 aromatic rings. The van der Waals surface area contributed by atoms with E-state index in [9.17, 15) is 9.59 Å². The molecule has 10 heteroatoms. The Morgan fingerprint density at radius 2 is 1.92 bits per heavy atom. The van der Waals surface area contributed by atoms with Crippen LogP contribution < -0.4 is 11.1 Å². The van der Waals surface area contributed by atoms with E-state index in [1.165, 1.54) is 34.9 Å². The van der Waals surface area contributed by atoms with E-state index in [1.54, 1.807) is 0 Å². The van der Waals surface area contributed by atoms with Crippen molar-refractivity contribution in [2.75, 3.05) is 11.5 Å². The van der Waals surface area contributed by atoms with Crippen LogP contribution in [-0.4, -0.2) is 33.5 Å². The van der Waals surface area contributed by atoms with E-state index in [0.717, 1.165) is 11.0 Å². The van der Waals surface area contributed by atoms with E-state index in [1.807, 2.05) is 37.3 Å². The number of para-hydroxylation sites is 1. The zero-order chi connectivity index (χ0) is 18.5. The van der Waals surface area contributed by atoms with Gasteiger partial charge in [-0.1, -0.05) is 53.1 Å². The number of carbonyl (C=O) groups is 2. The molecule has 0 fully saturated rings. The summed E-state index contributed by atoms with van der Waals surface area (Å²) >= 11 is 3.87. The summed E-state index contributed by atoms with van der Waals surface area (Å²) in [6.45, 7) is 1.88. The molecule has 136 valence electrons. The van der Waals surface area contributed by atoms with Crippen LogP contribution in [-0.2, 0) is 9.59 Å². The van der Waals surface area contributed by atoms with Gasteiger partial charge in [-0.15, -0.1) is 10.2 Å². The number of nitrogens with one attached hydrogen (secondary N) is 1. The summed E-state index contributed by atoms with van der Waals surface area (Å²) in [7, 11) is 0. The number of benzene rings is 1. The van der Waals surface area contributed by atoms with Gasteiger partial charge in [0.2, 0.25) is 11.8 Å². The molecule has 1 aromatic carbocycles. The van der Waals surface area contributed by atoms with Crippen molar-refractivity contribution in [3.8, 4) is 0 Å². The maximum absolute atomic E-state index is 12.2. The maximum atomic E-state index is 12.2. The topological polar surface area (TPSA) is 111 Å². The number of nitrogens with two attached hydrogens (primary N) is 1. The summed E-state index contributed by atoms with van der Waals surface area (Å²) in [6.07, 6.45) is 0. The molecular weight excluding hydrogens is 392 g/mol. The van der Waals surface area contributed by atoms with Crippen LogP contribution in [0.5, 0.6) is 0 Å². The number of primary amides is 1. The minimum Gasteiger partial charge on any atom is -0.459 e. The summed E-state index contributed by atoms with van der Waals surface area (Å²) in [4.78, 5) is 22.9. The number of rotatable bonds is 8. The van der Waals surface area contributed by atoms with Gasteiger partial charge < -0.3 is 15.5 Å². The zero-order valence-corrected chi connectivity index (χ0v) is 16.2. The predicted octanol–water partition coefficient (Wildman–Crippen LogP) is 2.83. The Kier molecular flexibility index (Phi) is 6.17. The summed E-state index contributed by atoms with van der Waals surface area (Å²) in [5.41, 5.74) is 5.89. The average molecular weight is 409 g/mol. The van der Waals surface area contributed by atoms with Crippen LogP contribution in [0.4, 0.5) is 0 Å². The number of amides is 2. The van der Waals surface area contributed by atoms with Crippen LogP contribution in [0.1, 0.15) is 18.7 Å². The van der Waals surface area contributed by atoms with Gasteiger partial charge in [0.1, 0.15) is 11.3 Å². The number of nitrogens with zero attached hydrogens (tertiary/aromatic N) is 2. The minimum absolute atomic E-state index is 0.121. The summed E-state index contributed by atoms with van der Waals surface area (Å²) in [5, 5.41) is 11.9. The molecule has 0 radical (unpaired) electrons. The first-order valence-electron chi connectivity index (χ1n) is 7.66. The average Bonchev–Trinajstić information content (AvgIpc) is 3.24. The van der Waals surface area contributed by atoms with Crippen LogP contribution in [0.25, 0.3) is 11.0 Å². The van der Waals surface area contributed by atoms with Crippen LogP contribution in [0.3, 0.4) is 0 Å². The molecule has 3 rings (SSSR count). The fourth-order valence-electron chi connectivity index (χ4n) is 2.14. The first kappa shape index (κ1) is 18.7. The highest BCUT2D eigenvalue weighted by Crippen LogP contribution is 2.29. The van der Waals surface area contributed by atoms with E-state index >= 15 is 0 Å². The molecule has 0 bridgehead atoms. The number of furan rings is 1. The van der Waals surface area contributed by atoms with Crippen LogP contribution in [0, 0.1) is 0 Å². The third-order valence-electron chi connectivity index (χ3n) is 3.30. The quantitative estimate of drug-likeness (QED) is 0.551. The molecule has 0 aliphatic rings. The molecule has 26 heavy (non-hydrogen) atoms. The highest BCUT2D eigenvalue weighted by molar-refractivity contribution is 8.03. The van der Waals surface area contributed by atoms with Crippen molar-refractivity contribution < 1.29 is 14.0 Å². The molecule has 3 N–H and O–H groups in total. The fourth-order valence-corrected chi connectivity index (χ4v) is 4.71. The molecule has 2 heterocycles. The lowest BCUT2D eigenvalue weighted by Crippen LogP contribution is -2.27. The highest BCUT2D eigenvalue weighted by Gasteiger charge is 2.15. The number of fused-ring (bicyclic) bond motifs is 1. The zero-order valence-electron chi connectivity index (χ0n) is 13.8. The van der Waals surface area contributed by atoms with Gasteiger partial charge in [0.05, 0.1) is 17.5 Å². The molecule has 1 atom stereocenters. The second-order valence-electron chi connectivity index (χ2n) is 5.35. The van der Waals surface area contributed by atoms with Crippen molar-refractivity contribution in [1.29, 1.82) is 0 Å². The first-order chi connectivity index (χ1) is 12.5. The SMILES string of the molecule is C[C@@H](NC(=O)CSc1nnc(SCC(N)=O)s1)c1cc2ccccc2o1. The van der Waals surface area contributed by atoms with Crippen molar-refractivity contribution >= 4 is 57.6 Å². The molecule has 2 amide bonds. The molecule has 0 saturated heterocycles. The summed E-state index contributed by atoms with van der Waals surface area (Å²) in [6, 6.07) is 9.42. The molecule has 2 aromatic heterocycles. The molecule has 0 aliphatic heterocycles. The van der Waals surface area contributed by atoms with Crippen LogP contribution in [0.2, 0.25) is 0 Å². The van der Waals surface area contributed by atoms with E-state index in [0.29, 0.717) is 14.4 Å². The van der Waals surface area contributed by atoms with Gasteiger partial charge in [-0.2, -0.15) is 0 Å². The summed E-state index contributed by atoms with van der Waals surface area (Å²) < 4.78 is 7.09. The maximum Gasteiger partial charge on any atom is 0.231 e. The van der Waals surface area contributed by atoms with E-state index in [4.69, 9.17) is 10.2 Å². The molecular formula is C16H16N4O3S3. The van der Waals surface area contributed by atoms with E-state index in [-0.39, 0.29) is 23.5 Å². The molecule has 7 nitrogen and oxygen atoms in total. The van der Waals surface area contributed by atoms with Gasteiger partial charge in [-0.05, 0) is 19.1 Å². The Morgan fingerprint density at radius 1 is 1.23 bits per heavy atom. The number of aromatic nitrogens is 2. The number of hydrogen-bond donors (Lipinski definition) is 2. The predicted molar refractivity (Wildman–Crippen MR) is 103 cm³/mol. The van der Waals surface area contributed by atoms with Crippen LogP contribution >= 0.6 is 34.9 Å². The molecule has 0 spiro atoms. The van der Waals surface area contributed by atoms with Crippen molar-refractivity contribution in [2.24, 2.45) is 5.73 Å². The highest BCUT2D eigenvalue weighted by atomic mass is 32.2. The second-order valence-corrected chi connectivity index (χ2v) is 8.78. The lowest BCUT2D eigenvalue weighted by Gasteiger charge is -2.10. The van der Waals surface area contributed by atoms with Crippen molar-refractivity contribution in [2.45, 2.75) is 21.6 Å². The monoisotopic (exact) mass is 408 g/mol. The first-order valence-corrected chi connectivity index (χ1v) is 10.5. The second kappa shape index (κ2) is 8.56.